The van der Waals surface area contributed by atoms with E-state index >= 15 is 0 Å². The van der Waals surface area contributed by atoms with Crippen molar-refractivity contribution >= 4 is 34.8 Å². The molecule has 2 aromatic rings. The van der Waals surface area contributed by atoms with E-state index in [4.69, 9.17) is 14.2 Å². The Hall–Kier alpha value is -4.15. The van der Waals surface area contributed by atoms with Gasteiger partial charge in [-0.05, 0) is 71.1 Å². The first-order valence-corrected chi connectivity index (χ1v) is 16.4. The smallest absolute Gasteiger partial charge is 0.408 e. The molecule has 46 heavy (non-hydrogen) atoms. The molecule has 248 valence electrons. The van der Waals surface area contributed by atoms with Gasteiger partial charge in [-0.1, -0.05) is 37.5 Å². The third-order valence-corrected chi connectivity index (χ3v) is 9.10. The molecule has 1 aromatic carbocycles. The maximum atomic E-state index is 14.5. The van der Waals surface area contributed by atoms with E-state index in [1.54, 1.807) is 46.0 Å². The number of hydrogen-bond acceptors (Lipinski definition) is 8. The Morgan fingerprint density at radius 2 is 1.87 bits per heavy atom. The summed E-state index contributed by atoms with van der Waals surface area (Å²) in [5.41, 5.74) is -1.21. The van der Waals surface area contributed by atoms with E-state index in [1.165, 1.54) is 4.90 Å². The van der Waals surface area contributed by atoms with Gasteiger partial charge in [0, 0.05) is 23.9 Å². The molecule has 0 bridgehead atoms. The van der Waals surface area contributed by atoms with E-state index in [0.717, 1.165) is 43.0 Å². The second-order valence-corrected chi connectivity index (χ2v) is 13.6. The van der Waals surface area contributed by atoms with Gasteiger partial charge in [-0.25, -0.2) is 9.59 Å². The van der Waals surface area contributed by atoms with Crippen molar-refractivity contribution in [2.45, 2.75) is 102 Å². The number of amides is 3. The van der Waals surface area contributed by atoms with Crippen molar-refractivity contribution in [3.8, 4) is 5.75 Å². The fraction of sp³-hybridized carbons (Fsp3) is 0.571. The standard InChI is InChI=1S/C35H46N4O7/c1-6-23-20-35(23,32(42)44-7-2)38-30(40)27-19-24(45-28-17-18-36-26-16-12-11-15-25(26)28)21-39(27)31(41)29(22-13-9-8-10-14-22)37-33(43)46-34(3,4)5/h6,11-12,15-18,22-24,27,29H,1,7-10,13-14,19-21H2,2-5H3,(H,37,43)(H,38,40). The third-order valence-electron chi connectivity index (χ3n) is 9.10. The van der Waals surface area contributed by atoms with Crippen LogP contribution >= 0.6 is 0 Å². The normalized spacial score (nSPS) is 25.3. The maximum absolute atomic E-state index is 14.5. The van der Waals surface area contributed by atoms with Crippen LogP contribution in [0, 0.1) is 11.8 Å². The Morgan fingerprint density at radius 3 is 2.54 bits per heavy atom. The zero-order valence-electron chi connectivity index (χ0n) is 27.3. The van der Waals surface area contributed by atoms with Gasteiger partial charge in [-0.2, -0.15) is 0 Å². The summed E-state index contributed by atoms with van der Waals surface area (Å²) in [4.78, 5) is 60.5. The van der Waals surface area contributed by atoms with Crippen LogP contribution in [0.25, 0.3) is 10.9 Å². The summed E-state index contributed by atoms with van der Waals surface area (Å²) in [6.07, 6.45) is 7.14. The number of carbonyl (C=O) groups excluding carboxylic acids is 4. The van der Waals surface area contributed by atoms with Crippen molar-refractivity contribution in [2.24, 2.45) is 11.8 Å². The van der Waals surface area contributed by atoms with Gasteiger partial charge in [-0.15, -0.1) is 6.58 Å². The summed E-state index contributed by atoms with van der Waals surface area (Å²) < 4.78 is 17.3. The Bertz CT molecular complexity index is 1460. The number of alkyl carbamates (subject to hydrolysis) is 1. The predicted octanol–water partition coefficient (Wildman–Crippen LogP) is 4.68. The quantitative estimate of drug-likeness (QED) is 0.284. The highest BCUT2D eigenvalue weighted by Crippen LogP contribution is 2.46. The first-order chi connectivity index (χ1) is 22.0. The average Bonchev–Trinajstić information content (AvgIpc) is 3.58. The van der Waals surface area contributed by atoms with Crippen molar-refractivity contribution in [3.05, 3.63) is 49.2 Å². The number of nitrogens with zero attached hydrogens (tertiary/aromatic N) is 2. The van der Waals surface area contributed by atoms with Gasteiger partial charge in [0.1, 0.15) is 35.1 Å². The molecule has 3 fully saturated rings. The molecule has 5 unspecified atom stereocenters. The Morgan fingerprint density at radius 1 is 1.13 bits per heavy atom. The number of nitrogens with one attached hydrogen (secondary N) is 2. The number of carbonyl (C=O) groups is 4. The summed E-state index contributed by atoms with van der Waals surface area (Å²) in [5, 5.41) is 6.60. The molecule has 0 radical (unpaired) electrons. The Labute approximate surface area is 270 Å². The highest BCUT2D eigenvalue weighted by Gasteiger charge is 2.62. The molecule has 2 saturated carbocycles. The van der Waals surface area contributed by atoms with Gasteiger partial charge >= 0.3 is 12.1 Å². The number of benzene rings is 1. The Balaban J connectivity index is 1.44. The number of ether oxygens (including phenoxy) is 3. The highest BCUT2D eigenvalue weighted by atomic mass is 16.6. The fourth-order valence-corrected chi connectivity index (χ4v) is 6.75. The monoisotopic (exact) mass is 634 g/mol. The minimum Gasteiger partial charge on any atom is -0.488 e. The lowest BCUT2D eigenvalue weighted by atomic mass is 9.83. The second kappa shape index (κ2) is 13.7. The molecule has 2 aliphatic carbocycles. The number of likely N-dealkylation sites (tertiary alicyclic amines) is 1. The van der Waals surface area contributed by atoms with E-state index < -0.39 is 47.3 Å². The van der Waals surface area contributed by atoms with Gasteiger partial charge in [0.2, 0.25) is 11.8 Å². The zero-order valence-corrected chi connectivity index (χ0v) is 27.3. The molecule has 11 heteroatoms. The van der Waals surface area contributed by atoms with E-state index in [2.05, 4.69) is 22.2 Å². The van der Waals surface area contributed by atoms with Crippen molar-refractivity contribution in [3.63, 3.8) is 0 Å². The van der Waals surface area contributed by atoms with Gasteiger partial charge in [0.05, 0.1) is 18.7 Å². The molecule has 1 aliphatic heterocycles. The number of pyridine rings is 1. The van der Waals surface area contributed by atoms with Crippen molar-refractivity contribution < 1.29 is 33.4 Å². The zero-order chi connectivity index (χ0) is 33.1. The molecule has 3 aliphatic rings. The number of esters is 1. The van der Waals surface area contributed by atoms with Crippen LogP contribution in [0.4, 0.5) is 4.79 Å². The predicted molar refractivity (Wildman–Crippen MR) is 172 cm³/mol. The summed E-state index contributed by atoms with van der Waals surface area (Å²) in [6.45, 7) is 11.1. The molecule has 2 heterocycles. The van der Waals surface area contributed by atoms with Crippen LogP contribution in [-0.4, -0.2) is 76.2 Å². The van der Waals surface area contributed by atoms with Crippen LogP contribution in [0.3, 0.4) is 0 Å². The van der Waals surface area contributed by atoms with Crippen molar-refractivity contribution in [2.75, 3.05) is 13.2 Å². The van der Waals surface area contributed by atoms with Gasteiger partial charge in [-0.3, -0.25) is 14.6 Å². The van der Waals surface area contributed by atoms with Gasteiger partial charge < -0.3 is 29.7 Å². The van der Waals surface area contributed by atoms with Crippen molar-refractivity contribution in [1.29, 1.82) is 0 Å². The molecule has 5 atom stereocenters. The fourth-order valence-electron chi connectivity index (χ4n) is 6.75. The van der Waals surface area contributed by atoms with Gasteiger partial charge in [0.15, 0.2) is 0 Å². The topological polar surface area (TPSA) is 136 Å². The molecule has 0 spiro atoms. The van der Waals surface area contributed by atoms with Gasteiger partial charge in [0.25, 0.3) is 0 Å². The van der Waals surface area contributed by atoms with Crippen LogP contribution in [0.2, 0.25) is 0 Å². The molecule has 3 amide bonds. The number of para-hydroxylation sites is 1. The summed E-state index contributed by atoms with van der Waals surface area (Å²) in [6, 6.07) is 7.53. The van der Waals surface area contributed by atoms with E-state index in [9.17, 15) is 19.2 Å². The van der Waals surface area contributed by atoms with Crippen LogP contribution in [0.15, 0.2) is 49.2 Å². The second-order valence-electron chi connectivity index (χ2n) is 13.6. The third kappa shape index (κ3) is 7.29. The minimum atomic E-state index is -1.22. The molecule has 1 aromatic heterocycles. The first kappa shape index (κ1) is 33.2. The van der Waals surface area contributed by atoms with Crippen molar-refractivity contribution in [1.82, 2.24) is 20.5 Å². The van der Waals surface area contributed by atoms with Crippen LogP contribution in [0.5, 0.6) is 5.75 Å². The minimum absolute atomic E-state index is 0.110. The largest absolute Gasteiger partial charge is 0.488 e. The summed E-state index contributed by atoms with van der Waals surface area (Å²) in [7, 11) is 0. The molecule has 5 rings (SSSR count). The lowest BCUT2D eigenvalue weighted by molar-refractivity contribution is -0.150. The first-order valence-electron chi connectivity index (χ1n) is 16.4. The molecular formula is C35H46N4O7. The van der Waals surface area contributed by atoms with E-state index in [1.807, 2.05) is 24.3 Å². The molecule has 2 N–H and O–H groups in total. The van der Waals surface area contributed by atoms with Crippen LogP contribution < -0.4 is 15.4 Å². The SMILES string of the molecule is C=CC1CC1(NC(=O)C1CC(Oc2ccnc3ccccc23)CN1C(=O)C(NC(=O)OC(C)(C)C)C1CCCCC1)C(=O)OCC. The number of aromatic nitrogens is 1. The summed E-state index contributed by atoms with van der Waals surface area (Å²) >= 11 is 0. The van der Waals surface area contributed by atoms with Crippen LogP contribution in [-0.2, 0) is 23.9 Å². The highest BCUT2D eigenvalue weighted by molar-refractivity contribution is 5.96. The maximum Gasteiger partial charge on any atom is 0.408 e. The molecule has 11 nitrogen and oxygen atoms in total. The van der Waals surface area contributed by atoms with Crippen LogP contribution in [0.1, 0.15) is 72.6 Å². The number of fused-ring (bicyclic) bond motifs is 1. The molecule has 1 saturated heterocycles. The van der Waals surface area contributed by atoms with E-state index in [-0.39, 0.29) is 37.3 Å². The average molecular weight is 635 g/mol. The summed E-state index contributed by atoms with van der Waals surface area (Å²) in [5.74, 6) is -1.16. The van der Waals surface area contributed by atoms with E-state index in [0.29, 0.717) is 12.2 Å². The lowest BCUT2D eigenvalue weighted by Gasteiger charge is -2.35. The Kier molecular flexibility index (Phi) is 9.88. The number of hydrogen-bond donors (Lipinski definition) is 2. The number of rotatable bonds is 10. The molecular weight excluding hydrogens is 588 g/mol. The lowest BCUT2D eigenvalue weighted by Crippen LogP contribution is -2.58.